The highest BCUT2D eigenvalue weighted by Crippen LogP contribution is 2.31. The highest BCUT2D eigenvalue weighted by molar-refractivity contribution is 5.90. The van der Waals surface area contributed by atoms with Gasteiger partial charge in [-0.05, 0) is 45.7 Å². The van der Waals surface area contributed by atoms with Crippen LogP contribution in [-0.4, -0.2) is 43.5 Å². The van der Waals surface area contributed by atoms with Crippen LogP contribution in [0.2, 0.25) is 0 Å². The number of fused-ring (bicyclic) bond motifs is 1. The first-order valence-electron chi connectivity index (χ1n) is 12.1. The molecule has 1 aliphatic heterocycles. The van der Waals surface area contributed by atoms with E-state index in [1.807, 2.05) is 60.7 Å². The Morgan fingerprint density at radius 1 is 1.00 bits per heavy atom. The molecule has 37 heavy (non-hydrogen) atoms. The molecule has 2 atom stereocenters. The molecule has 0 radical (unpaired) electrons. The Labute approximate surface area is 214 Å². The zero-order valence-corrected chi connectivity index (χ0v) is 20.1. The van der Waals surface area contributed by atoms with Crippen LogP contribution in [0.3, 0.4) is 0 Å². The minimum absolute atomic E-state index is 0.0912. The highest BCUT2D eigenvalue weighted by Gasteiger charge is 2.41. The van der Waals surface area contributed by atoms with Crippen molar-refractivity contribution < 1.29 is 9.59 Å². The van der Waals surface area contributed by atoms with Gasteiger partial charge in [-0.15, -0.1) is 5.10 Å². The zero-order valence-electron chi connectivity index (χ0n) is 20.1. The first kappa shape index (κ1) is 23.9. The summed E-state index contributed by atoms with van der Waals surface area (Å²) in [7, 11) is 0. The Hall–Kier alpha value is -4.84. The van der Waals surface area contributed by atoms with Crippen LogP contribution < -0.4 is 5.32 Å². The van der Waals surface area contributed by atoms with E-state index in [-0.39, 0.29) is 18.4 Å². The monoisotopic (exact) mass is 491 g/mol. The molecule has 1 aliphatic rings. The summed E-state index contributed by atoms with van der Waals surface area (Å²) in [5, 5.41) is 24.2. The molecule has 0 saturated carbocycles. The van der Waals surface area contributed by atoms with E-state index in [1.54, 1.807) is 33.8 Å². The molecule has 2 unspecified atom stereocenters. The zero-order chi connectivity index (χ0) is 25.6. The third kappa shape index (κ3) is 5.23. The Kier molecular flexibility index (Phi) is 6.99. The Morgan fingerprint density at radius 3 is 2.35 bits per heavy atom. The maximum atomic E-state index is 13.9. The molecule has 0 aliphatic carbocycles. The predicted molar refractivity (Wildman–Crippen MR) is 135 cm³/mol. The average Bonchev–Trinajstić information content (AvgIpc) is 3.41. The van der Waals surface area contributed by atoms with Crippen molar-refractivity contribution in [3.05, 3.63) is 113 Å². The number of nitriles is 1. The number of amides is 2. The third-order valence-electron chi connectivity index (χ3n) is 6.48. The van der Waals surface area contributed by atoms with E-state index in [4.69, 9.17) is 0 Å². The number of nitrogens with one attached hydrogen (secondary N) is 1. The molecular weight excluding hydrogens is 466 g/mol. The lowest BCUT2D eigenvalue weighted by atomic mass is 9.98. The molecule has 2 heterocycles. The standard InChI is InChI=1S/C28H25N7O2/c29-18-22-11-13-23(14-12-22)26(27(36)30-16-15-20-7-3-1-4-8-20)34-19-25-31-32-33-35(25)24(28(34)37)17-21-9-5-2-6-10-21/h1-14,24,26H,15-17,19H2,(H,30,36). The number of carbonyl (C=O) groups excluding carboxylic acids is 2. The van der Waals surface area contributed by atoms with Crippen LogP contribution in [0.5, 0.6) is 0 Å². The van der Waals surface area contributed by atoms with Gasteiger partial charge in [0.25, 0.3) is 0 Å². The van der Waals surface area contributed by atoms with Crippen molar-refractivity contribution in [2.24, 2.45) is 0 Å². The first-order valence-corrected chi connectivity index (χ1v) is 12.1. The van der Waals surface area contributed by atoms with Crippen molar-refractivity contribution in [3.8, 4) is 6.07 Å². The molecule has 5 rings (SSSR count). The average molecular weight is 492 g/mol. The summed E-state index contributed by atoms with van der Waals surface area (Å²) >= 11 is 0. The van der Waals surface area contributed by atoms with Crippen LogP contribution in [0.25, 0.3) is 0 Å². The van der Waals surface area contributed by atoms with Gasteiger partial charge in [0.1, 0.15) is 12.1 Å². The summed E-state index contributed by atoms with van der Waals surface area (Å²) in [5.41, 5.74) is 3.16. The number of aromatic nitrogens is 4. The van der Waals surface area contributed by atoms with Crippen LogP contribution in [0.1, 0.15) is 40.2 Å². The SMILES string of the molecule is N#Cc1ccc(C(C(=O)NCCc2ccccc2)N2Cc3nnnn3C(Cc3ccccc3)C2=O)cc1. The molecule has 0 spiro atoms. The van der Waals surface area contributed by atoms with Crippen molar-refractivity contribution in [3.63, 3.8) is 0 Å². The van der Waals surface area contributed by atoms with Gasteiger partial charge in [0, 0.05) is 13.0 Å². The molecule has 0 saturated heterocycles. The largest absolute Gasteiger partial charge is 0.354 e. The molecule has 9 nitrogen and oxygen atoms in total. The number of benzene rings is 3. The van der Waals surface area contributed by atoms with E-state index in [1.165, 1.54) is 0 Å². The summed E-state index contributed by atoms with van der Waals surface area (Å²) in [4.78, 5) is 29.1. The fourth-order valence-electron chi connectivity index (χ4n) is 4.60. The number of hydrogen-bond acceptors (Lipinski definition) is 6. The van der Waals surface area contributed by atoms with Gasteiger partial charge in [-0.25, -0.2) is 4.68 Å². The van der Waals surface area contributed by atoms with Crippen molar-refractivity contribution in [2.75, 3.05) is 6.54 Å². The second kappa shape index (κ2) is 10.8. The van der Waals surface area contributed by atoms with E-state index in [0.717, 1.165) is 11.1 Å². The minimum Gasteiger partial charge on any atom is -0.354 e. The van der Waals surface area contributed by atoms with Crippen LogP contribution >= 0.6 is 0 Å². The topological polar surface area (TPSA) is 117 Å². The van der Waals surface area contributed by atoms with Crippen molar-refractivity contribution in [2.45, 2.75) is 31.5 Å². The van der Waals surface area contributed by atoms with Crippen LogP contribution in [0, 0.1) is 11.3 Å². The lowest BCUT2D eigenvalue weighted by molar-refractivity contribution is -0.146. The molecule has 9 heteroatoms. The Morgan fingerprint density at radius 2 is 1.68 bits per heavy atom. The van der Waals surface area contributed by atoms with E-state index < -0.39 is 12.1 Å². The van der Waals surface area contributed by atoms with Gasteiger partial charge in [0.05, 0.1) is 18.2 Å². The van der Waals surface area contributed by atoms with Gasteiger partial charge in [0.2, 0.25) is 11.8 Å². The predicted octanol–water partition coefficient (Wildman–Crippen LogP) is 2.77. The Bertz CT molecular complexity index is 1410. The molecule has 0 fully saturated rings. The van der Waals surface area contributed by atoms with Gasteiger partial charge >= 0.3 is 0 Å². The number of carbonyl (C=O) groups is 2. The minimum atomic E-state index is -0.903. The summed E-state index contributed by atoms with van der Waals surface area (Å²) in [6, 6.07) is 26.8. The lowest BCUT2D eigenvalue weighted by Crippen LogP contribution is -2.50. The second-order valence-corrected chi connectivity index (χ2v) is 8.87. The number of tetrazole rings is 1. The number of hydrogen-bond donors (Lipinski definition) is 1. The molecule has 3 aromatic carbocycles. The molecule has 184 valence electrons. The van der Waals surface area contributed by atoms with E-state index >= 15 is 0 Å². The number of rotatable bonds is 8. The van der Waals surface area contributed by atoms with Crippen molar-refractivity contribution >= 4 is 11.8 Å². The molecule has 1 N–H and O–H groups in total. The molecule has 0 bridgehead atoms. The van der Waals surface area contributed by atoms with E-state index in [0.29, 0.717) is 36.3 Å². The summed E-state index contributed by atoms with van der Waals surface area (Å²) in [6.45, 7) is 0.511. The fourth-order valence-corrected chi connectivity index (χ4v) is 4.60. The third-order valence-corrected chi connectivity index (χ3v) is 6.48. The highest BCUT2D eigenvalue weighted by atomic mass is 16.2. The van der Waals surface area contributed by atoms with Crippen LogP contribution in [0.15, 0.2) is 84.9 Å². The normalized spacial score (nSPS) is 15.5. The maximum Gasteiger partial charge on any atom is 0.249 e. The molecular formula is C28H25N7O2. The van der Waals surface area contributed by atoms with Gasteiger partial charge in [-0.1, -0.05) is 72.8 Å². The first-order chi connectivity index (χ1) is 18.1. The van der Waals surface area contributed by atoms with Gasteiger partial charge in [0.15, 0.2) is 5.82 Å². The van der Waals surface area contributed by atoms with Crippen LogP contribution in [0.4, 0.5) is 0 Å². The summed E-state index contributed by atoms with van der Waals surface area (Å²) in [6.07, 6.45) is 1.05. The van der Waals surface area contributed by atoms with Gasteiger partial charge in [-0.2, -0.15) is 5.26 Å². The van der Waals surface area contributed by atoms with Gasteiger partial charge in [-0.3, -0.25) is 9.59 Å². The van der Waals surface area contributed by atoms with E-state index in [9.17, 15) is 14.9 Å². The second-order valence-electron chi connectivity index (χ2n) is 8.87. The molecule has 1 aromatic heterocycles. The maximum absolute atomic E-state index is 13.9. The molecule has 2 amide bonds. The van der Waals surface area contributed by atoms with Crippen LogP contribution in [-0.2, 0) is 29.0 Å². The van der Waals surface area contributed by atoms with Crippen molar-refractivity contribution in [1.82, 2.24) is 30.4 Å². The van der Waals surface area contributed by atoms with Crippen molar-refractivity contribution in [1.29, 1.82) is 5.26 Å². The summed E-state index contributed by atoms with van der Waals surface area (Å²) < 4.78 is 1.55. The quantitative estimate of drug-likeness (QED) is 0.405. The van der Waals surface area contributed by atoms with Gasteiger partial charge < -0.3 is 10.2 Å². The molecule has 4 aromatic rings. The Balaban J connectivity index is 1.44. The number of nitrogens with zero attached hydrogens (tertiary/aromatic N) is 6. The summed E-state index contributed by atoms with van der Waals surface area (Å²) in [5.74, 6) is -0.0270. The smallest absolute Gasteiger partial charge is 0.249 e. The lowest BCUT2D eigenvalue weighted by Gasteiger charge is -2.37. The fraction of sp³-hybridized carbons (Fsp3) is 0.214. The van der Waals surface area contributed by atoms with E-state index in [2.05, 4.69) is 26.9 Å².